The highest BCUT2D eigenvalue weighted by molar-refractivity contribution is 5.50. The fourth-order valence-electron chi connectivity index (χ4n) is 2.66. The summed E-state index contributed by atoms with van der Waals surface area (Å²) in [6.07, 6.45) is 0. The lowest BCUT2D eigenvalue weighted by Crippen LogP contribution is -2.43. The summed E-state index contributed by atoms with van der Waals surface area (Å²) < 4.78 is 10.5. The highest BCUT2D eigenvalue weighted by Crippen LogP contribution is 2.33. The summed E-state index contributed by atoms with van der Waals surface area (Å²) in [5, 5.41) is 11.0. The van der Waals surface area contributed by atoms with Crippen LogP contribution in [0.4, 0.5) is 5.69 Å². The van der Waals surface area contributed by atoms with Crippen molar-refractivity contribution in [2.45, 2.75) is 19.3 Å². The van der Waals surface area contributed by atoms with E-state index < -0.39 is 4.92 Å². The van der Waals surface area contributed by atoms with Crippen molar-refractivity contribution in [3.63, 3.8) is 0 Å². The molecule has 1 aliphatic rings. The van der Waals surface area contributed by atoms with Gasteiger partial charge in [0.15, 0.2) is 5.75 Å². The van der Waals surface area contributed by atoms with Gasteiger partial charge in [0, 0.05) is 31.1 Å². The van der Waals surface area contributed by atoms with Crippen LogP contribution in [-0.2, 0) is 10.2 Å². The third-order valence-corrected chi connectivity index (χ3v) is 3.88. The molecule has 0 atom stereocenters. The van der Waals surface area contributed by atoms with Crippen LogP contribution < -0.4 is 4.74 Å². The van der Waals surface area contributed by atoms with Gasteiger partial charge in [-0.05, 0) is 11.6 Å². The second-order valence-electron chi connectivity index (χ2n) is 5.92. The van der Waals surface area contributed by atoms with Crippen LogP contribution in [-0.4, -0.2) is 49.8 Å². The molecule has 1 saturated heterocycles. The van der Waals surface area contributed by atoms with Gasteiger partial charge in [-0.2, -0.15) is 0 Å². The molecule has 0 amide bonds. The number of hydrogen-bond acceptors (Lipinski definition) is 5. The minimum Gasteiger partial charge on any atom is -0.490 e. The minimum absolute atomic E-state index is 0.00317. The Hall–Kier alpha value is -1.66. The average molecular weight is 294 g/mol. The van der Waals surface area contributed by atoms with Gasteiger partial charge in [0.25, 0.3) is 0 Å². The van der Waals surface area contributed by atoms with Crippen LogP contribution in [0.1, 0.15) is 19.4 Å². The van der Waals surface area contributed by atoms with Crippen molar-refractivity contribution in [2.75, 3.05) is 40.0 Å². The summed E-state index contributed by atoms with van der Waals surface area (Å²) >= 11 is 0. The number of nitrogens with zero attached hydrogens (tertiary/aromatic N) is 2. The zero-order valence-corrected chi connectivity index (χ0v) is 12.8. The Kier molecular flexibility index (Phi) is 4.80. The van der Waals surface area contributed by atoms with Gasteiger partial charge in [-0.3, -0.25) is 15.0 Å². The van der Waals surface area contributed by atoms with Gasteiger partial charge in [0.2, 0.25) is 0 Å². The van der Waals surface area contributed by atoms with Crippen LogP contribution >= 0.6 is 0 Å². The molecule has 1 aromatic carbocycles. The molecule has 0 saturated carbocycles. The van der Waals surface area contributed by atoms with Gasteiger partial charge < -0.3 is 9.47 Å². The predicted octanol–water partition coefficient (Wildman–Crippen LogP) is 2.21. The molecule has 1 fully saturated rings. The second kappa shape index (κ2) is 6.41. The maximum absolute atomic E-state index is 11.0. The first kappa shape index (κ1) is 15.7. The van der Waals surface area contributed by atoms with Crippen LogP contribution in [0.2, 0.25) is 0 Å². The lowest BCUT2D eigenvalue weighted by Gasteiger charge is -2.35. The van der Waals surface area contributed by atoms with E-state index in [1.165, 1.54) is 13.2 Å². The van der Waals surface area contributed by atoms with Gasteiger partial charge in [0.05, 0.1) is 25.2 Å². The van der Waals surface area contributed by atoms with E-state index in [2.05, 4.69) is 18.7 Å². The van der Waals surface area contributed by atoms with E-state index in [0.717, 1.165) is 38.4 Å². The Morgan fingerprint density at radius 3 is 2.62 bits per heavy atom. The van der Waals surface area contributed by atoms with Gasteiger partial charge in [-0.25, -0.2) is 0 Å². The molecule has 6 heteroatoms. The summed E-state index contributed by atoms with van der Waals surface area (Å²) in [5.74, 6) is 0.313. The molecule has 1 aliphatic heterocycles. The quantitative estimate of drug-likeness (QED) is 0.615. The third kappa shape index (κ3) is 3.71. The van der Waals surface area contributed by atoms with Crippen molar-refractivity contribution in [1.29, 1.82) is 0 Å². The van der Waals surface area contributed by atoms with E-state index in [1.807, 2.05) is 6.07 Å². The van der Waals surface area contributed by atoms with Gasteiger partial charge in [-0.1, -0.05) is 19.9 Å². The topological polar surface area (TPSA) is 64.8 Å². The van der Waals surface area contributed by atoms with Crippen molar-refractivity contribution >= 4 is 5.69 Å². The molecular weight excluding hydrogens is 272 g/mol. The van der Waals surface area contributed by atoms with Crippen molar-refractivity contribution in [1.82, 2.24) is 4.90 Å². The molecule has 0 bridgehead atoms. The number of rotatable bonds is 5. The fraction of sp³-hybridized carbons (Fsp3) is 0.600. The first-order chi connectivity index (χ1) is 9.94. The Balaban J connectivity index is 2.20. The molecule has 1 heterocycles. The highest BCUT2D eigenvalue weighted by Gasteiger charge is 2.27. The number of morpholine rings is 1. The molecule has 0 unspecified atom stereocenters. The van der Waals surface area contributed by atoms with Gasteiger partial charge >= 0.3 is 5.69 Å². The summed E-state index contributed by atoms with van der Waals surface area (Å²) in [7, 11) is 1.46. The van der Waals surface area contributed by atoms with E-state index >= 15 is 0 Å². The largest absolute Gasteiger partial charge is 0.490 e. The molecule has 1 aromatic rings. The van der Waals surface area contributed by atoms with Crippen LogP contribution in [0.5, 0.6) is 5.75 Å². The van der Waals surface area contributed by atoms with E-state index in [-0.39, 0.29) is 11.1 Å². The van der Waals surface area contributed by atoms with Crippen LogP contribution in [0.3, 0.4) is 0 Å². The Bertz CT molecular complexity index is 510. The number of ether oxygens (including phenoxy) is 2. The summed E-state index contributed by atoms with van der Waals surface area (Å²) in [4.78, 5) is 12.9. The van der Waals surface area contributed by atoms with Crippen LogP contribution in [0.15, 0.2) is 18.2 Å². The Morgan fingerprint density at radius 1 is 1.38 bits per heavy atom. The summed E-state index contributed by atoms with van der Waals surface area (Å²) in [6, 6.07) is 5.12. The number of nitro benzene ring substituents is 1. The molecular formula is C15H22N2O4. The number of methoxy groups -OCH3 is 1. The average Bonchev–Trinajstić information content (AvgIpc) is 2.47. The number of benzene rings is 1. The Morgan fingerprint density at radius 2 is 2.05 bits per heavy atom. The monoisotopic (exact) mass is 294 g/mol. The van der Waals surface area contributed by atoms with E-state index in [9.17, 15) is 10.1 Å². The molecule has 6 nitrogen and oxygen atoms in total. The molecule has 2 rings (SSSR count). The Labute approximate surface area is 124 Å². The van der Waals surface area contributed by atoms with Gasteiger partial charge in [-0.15, -0.1) is 0 Å². The number of nitro groups is 1. The van der Waals surface area contributed by atoms with E-state index in [0.29, 0.717) is 5.75 Å². The van der Waals surface area contributed by atoms with Crippen molar-refractivity contribution in [3.8, 4) is 5.75 Å². The van der Waals surface area contributed by atoms with Crippen molar-refractivity contribution in [3.05, 3.63) is 33.9 Å². The first-order valence-electron chi connectivity index (χ1n) is 7.07. The van der Waals surface area contributed by atoms with Gasteiger partial charge in [0.1, 0.15) is 0 Å². The molecule has 0 radical (unpaired) electrons. The normalized spacial score (nSPS) is 16.7. The number of hydrogen-bond donors (Lipinski definition) is 0. The molecule has 0 N–H and O–H groups in total. The second-order valence-corrected chi connectivity index (χ2v) is 5.92. The third-order valence-electron chi connectivity index (χ3n) is 3.88. The molecule has 21 heavy (non-hydrogen) atoms. The van der Waals surface area contributed by atoms with Crippen LogP contribution in [0.25, 0.3) is 0 Å². The van der Waals surface area contributed by atoms with Crippen molar-refractivity contribution < 1.29 is 14.4 Å². The molecule has 0 spiro atoms. The van der Waals surface area contributed by atoms with Crippen molar-refractivity contribution in [2.24, 2.45) is 0 Å². The standard InChI is InChI=1S/C15H22N2O4/c1-15(2,11-16-6-8-21-9-7-16)12-4-5-13(17(18)19)14(10-12)20-3/h4-5,10H,6-9,11H2,1-3H3. The molecule has 116 valence electrons. The maximum Gasteiger partial charge on any atom is 0.310 e. The van der Waals surface area contributed by atoms with E-state index in [1.54, 1.807) is 6.07 Å². The maximum atomic E-state index is 11.0. The zero-order chi connectivity index (χ0) is 15.5. The van der Waals surface area contributed by atoms with E-state index in [4.69, 9.17) is 9.47 Å². The predicted molar refractivity (Wildman–Crippen MR) is 79.9 cm³/mol. The molecule has 0 aromatic heterocycles. The zero-order valence-electron chi connectivity index (χ0n) is 12.8. The minimum atomic E-state index is -0.419. The lowest BCUT2D eigenvalue weighted by atomic mass is 9.83. The molecule has 0 aliphatic carbocycles. The lowest BCUT2D eigenvalue weighted by molar-refractivity contribution is -0.385. The van der Waals surface area contributed by atoms with Crippen LogP contribution in [0, 0.1) is 10.1 Å². The highest BCUT2D eigenvalue weighted by atomic mass is 16.6. The fourth-order valence-corrected chi connectivity index (χ4v) is 2.66. The first-order valence-corrected chi connectivity index (χ1v) is 7.07. The smallest absolute Gasteiger partial charge is 0.310 e. The SMILES string of the molecule is COc1cc(C(C)(C)CN2CCOCC2)ccc1[N+](=O)[O-]. The summed E-state index contributed by atoms with van der Waals surface area (Å²) in [5.41, 5.74) is 0.930. The summed E-state index contributed by atoms with van der Waals surface area (Å²) in [6.45, 7) is 8.55.